The number of aliphatic carboxylic acids is 1. The van der Waals surface area contributed by atoms with Gasteiger partial charge in [-0.3, -0.25) is 14.6 Å². The van der Waals surface area contributed by atoms with Gasteiger partial charge in [0.05, 0.1) is 13.1 Å². The van der Waals surface area contributed by atoms with E-state index in [0.29, 0.717) is 12.0 Å². The second-order valence-electron chi connectivity index (χ2n) is 7.50. The lowest BCUT2D eigenvalue weighted by Crippen LogP contribution is -2.37. The van der Waals surface area contributed by atoms with Gasteiger partial charge in [-0.15, -0.1) is 10.2 Å². The van der Waals surface area contributed by atoms with Gasteiger partial charge < -0.3 is 9.67 Å². The molecule has 3 fully saturated rings. The number of carboxylic acid groups (broad SMARTS) is 1. The summed E-state index contributed by atoms with van der Waals surface area (Å²) in [5, 5.41) is 18.1. The van der Waals surface area contributed by atoms with E-state index in [1.807, 2.05) is 4.90 Å². The average Bonchev–Trinajstić information content (AvgIpc) is 3.11. The first kappa shape index (κ1) is 16.0. The van der Waals surface area contributed by atoms with Crippen LogP contribution in [0.25, 0.3) is 0 Å². The topological polar surface area (TPSA) is 74.5 Å². The van der Waals surface area contributed by atoms with Gasteiger partial charge in [-0.05, 0) is 64.7 Å². The third kappa shape index (κ3) is 3.47. The Bertz CT molecular complexity index is 584. The highest BCUT2D eigenvalue weighted by Gasteiger charge is 2.34. The maximum atomic E-state index is 10.9. The van der Waals surface area contributed by atoms with Gasteiger partial charge >= 0.3 is 5.97 Å². The molecule has 0 unspecified atom stereocenters. The van der Waals surface area contributed by atoms with Crippen molar-refractivity contribution in [2.45, 2.75) is 57.0 Å². The van der Waals surface area contributed by atoms with Gasteiger partial charge in [-0.25, -0.2) is 0 Å². The second kappa shape index (κ2) is 6.80. The van der Waals surface area contributed by atoms with Crippen molar-refractivity contribution in [1.29, 1.82) is 0 Å². The normalized spacial score (nSPS) is 23.8. The standard InChI is InChI=1S/C17H27N5O2/c23-16(24)12-21-9-5-13(6-10-21)17-19-18-15(22(17)14-3-4-14)11-20-7-1-2-8-20/h13-14H,1-12H2,(H,23,24). The number of rotatable bonds is 6. The van der Waals surface area contributed by atoms with Crippen LogP contribution in [-0.4, -0.2) is 68.4 Å². The summed E-state index contributed by atoms with van der Waals surface area (Å²) in [5.41, 5.74) is 0. The number of carboxylic acids is 1. The molecule has 2 aliphatic heterocycles. The zero-order valence-electron chi connectivity index (χ0n) is 14.2. The van der Waals surface area contributed by atoms with Crippen molar-refractivity contribution in [3.05, 3.63) is 11.6 Å². The first-order valence-electron chi connectivity index (χ1n) is 9.31. The van der Waals surface area contributed by atoms with Crippen LogP contribution in [0.1, 0.15) is 62.1 Å². The van der Waals surface area contributed by atoms with E-state index in [1.54, 1.807) is 0 Å². The van der Waals surface area contributed by atoms with Crippen LogP contribution in [0.2, 0.25) is 0 Å². The van der Waals surface area contributed by atoms with Crippen LogP contribution in [0, 0.1) is 0 Å². The molecule has 2 saturated heterocycles. The highest BCUT2D eigenvalue weighted by atomic mass is 16.4. The predicted octanol–water partition coefficient (Wildman–Crippen LogP) is 1.47. The molecule has 0 spiro atoms. The number of likely N-dealkylation sites (tertiary alicyclic amines) is 2. The first-order valence-corrected chi connectivity index (χ1v) is 9.31. The Hall–Kier alpha value is -1.47. The summed E-state index contributed by atoms with van der Waals surface area (Å²) in [6.07, 6.45) is 7.06. The molecule has 1 aromatic heterocycles. The van der Waals surface area contributed by atoms with Gasteiger partial charge in [0.25, 0.3) is 0 Å². The monoisotopic (exact) mass is 333 g/mol. The maximum Gasteiger partial charge on any atom is 0.317 e. The lowest BCUT2D eigenvalue weighted by molar-refractivity contribution is -0.138. The van der Waals surface area contributed by atoms with Crippen LogP contribution in [0.5, 0.6) is 0 Å². The summed E-state index contributed by atoms with van der Waals surface area (Å²) in [4.78, 5) is 15.4. The molecule has 1 saturated carbocycles. The Labute approximate surface area is 142 Å². The van der Waals surface area contributed by atoms with Crippen molar-refractivity contribution in [3.63, 3.8) is 0 Å². The molecular formula is C17H27N5O2. The third-order valence-electron chi connectivity index (χ3n) is 5.58. The molecule has 0 amide bonds. The van der Waals surface area contributed by atoms with Crippen molar-refractivity contribution in [3.8, 4) is 0 Å². The molecule has 1 N–H and O–H groups in total. The zero-order chi connectivity index (χ0) is 16.5. The second-order valence-corrected chi connectivity index (χ2v) is 7.50. The van der Waals surface area contributed by atoms with Crippen molar-refractivity contribution in [2.75, 3.05) is 32.7 Å². The van der Waals surface area contributed by atoms with E-state index >= 15 is 0 Å². The van der Waals surface area contributed by atoms with E-state index in [1.165, 1.54) is 38.8 Å². The molecule has 1 aromatic rings. The maximum absolute atomic E-state index is 10.9. The van der Waals surface area contributed by atoms with Gasteiger partial charge in [0.15, 0.2) is 0 Å². The molecule has 1 aliphatic carbocycles. The number of nitrogens with zero attached hydrogens (tertiary/aromatic N) is 5. The highest BCUT2D eigenvalue weighted by molar-refractivity contribution is 5.69. The van der Waals surface area contributed by atoms with Crippen LogP contribution in [-0.2, 0) is 11.3 Å². The summed E-state index contributed by atoms with van der Waals surface area (Å²) >= 11 is 0. The van der Waals surface area contributed by atoms with Crippen molar-refractivity contribution in [2.24, 2.45) is 0 Å². The number of aromatic nitrogens is 3. The molecule has 4 rings (SSSR count). The number of hydrogen-bond acceptors (Lipinski definition) is 5. The first-order chi connectivity index (χ1) is 11.7. The Kier molecular flexibility index (Phi) is 4.54. The van der Waals surface area contributed by atoms with Crippen LogP contribution >= 0.6 is 0 Å². The van der Waals surface area contributed by atoms with Gasteiger partial charge in [-0.1, -0.05) is 0 Å². The van der Waals surface area contributed by atoms with E-state index in [4.69, 9.17) is 5.11 Å². The van der Waals surface area contributed by atoms with Crippen LogP contribution < -0.4 is 0 Å². The third-order valence-corrected chi connectivity index (χ3v) is 5.58. The Balaban J connectivity index is 1.45. The van der Waals surface area contributed by atoms with Crippen LogP contribution in [0.15, 0.2) is 0 Å². The Morgan fingerprint density at radius 3 is 2.33 bits per heavy atom. The fourth-order valence-electron chi connectivity index (χ4n) is 4.14. The smallest absolute Gasteiger partial charge is 0.317 e. The number of hydrogen-bond donors (Lipinski definition) is 1. The summed E-state index contributed by atoms with van der Waals surface area (Å²) in [5.74, 6) is 1.99. The molecule has 7 heteroatoms. The molecular weight excluding hydrogens is 306 g/mol. The minimum Gasteiger partial charge on any atom is -0.480 e. The fraction of sp³-hybridized carbons (Fsp3) is 0.824. The summed E-state index contributed by atoms with van der Waals surface area (Å²) in [6, 6.07) is 0.602. The Morgan fingerprint density at radius 2 is 1.71 bits per heavy atom. The largest absolute Gasteiger partial charge is 0.480 e. The quantitative estimate of drug-likeness (QED) is 0.850. The number of carbonyl (C=O) groups is 1. The van der Waals surface area contributed by atoms with Crippen LogP contribution in [0.3, 0.4) is 0 Å². The van der Waals surface area contributed by atoms with Crippen molar-refractivity contribution >= 4 is 5.97 Å². The molecule has 7 nitrogen and oxygen atoms in total. The van der Waals surface area contributed by atoms with Crippen molar-refractivity contribution < 1.29 is 9.90 Å². The SMILES string of the molecule is O=C(O)CN1CCC(c2nnc(CN3CCCC3)n2C2CC2)CC1. The van der Waals surface area contributed by atoms with Gasteiger partial charge in [0.2, 0.25) is 0 Å². The minimum absolute atomic E-state index is 0.155. The van der Waals surface area contributed by atoms with Gasteiger partial charge in [-0.2, -0.15) is 0 Å². The van der Waals surface area contributed by atoms with Gasteiger partial charge in [0, 0.05) is 12.0 Å². The molecule has 0 radical (unpaired) electrons. The molecule has 0 atom stereocenters. The molecule has 0 bridgehead atoms. The van der Waals surface area contributed by atoms with E-state index < -0.39 is 5.97 Å². The molecule has 24 heavy (non-hydrogen) atoms. The van der Waals surface area contributed by atoms with E-state index in [9.17, 15) is 4.79 Å². The average molecular weight is 333 g/mol. The van der Waals surface area contributed by atoms with Crippen molar-refractivity contribution in [1.82, 2.24) is 24.6 Å². The van der Waals surface area contributed by atoms with E-state index in [0.717, 1.165) is 44.1 Å². The zero-order valence-corrected chi connectivity index (χ0v) is 14.2. The molecule has 3 heterocycles. The predicted molar refractivity (Wildman–Crippen MR) is 88.9 cm³/mol. The van der Waals surface area contributed by atoms with Crippen LogP contribution in [0.4, 0.5) is 0 Å². The van der Waals surface area contributed by atoms with E-state index in [2.05, 4.69) is 19.7 Å². The minimum atomic E-state index is -0.734. The summed E-state index contributed by atoms with van der Waals surface area (Å²) in [7, 11) is 0. The fourth-order valence-corrected chi connectivity index (χ4v) is 4.14. The summed E-state index contributed by atoms with van der Waals surface area (Å²) < 4.78 is 2.43. The van der Waals surface area contributed by atoms with Gasteiger partial charge in [0.1, 0.15) is 11.6 Å². The lowest BCUT2D eigenvalue weighted by Gasteiger charge is -2.30. The molecule has 3 aliphatic rings. The lowest BCUT2D eigenvalue weighted by atomic mass is 9.96. The summed E-state index contributed by atoms with van der Waals surface area (Å²) in [6.45, 7) is 5.14. The Morgan fingerprint density at radius 1 is 1.00 bits per heavy atom. The van der Waals surface area contributed by atoms with E-state index in [-0.39, 0.29) is 6.54 Å². The molecule has 0 aromatic carbocycles. The molecule has 132 valence electrons. The highest BCUT2D eigenvalue weighted by Crippen LogP contribution is 2.40. The number of piperidine rings is 1.